The largest absolute Gasteiger partial charge is 0.384 e. The van der Waals surface area contributed by atoms with Crippen molar-refractivity contribution in [2.75, 3.05) is 18.8 Å². The van der Waals surface area contributed by atoms with E-state index in [4.69, 9.17) is 5.73 Å². The topological polar surface area (TPSA) is 55.9 Å². The predicted octanol–water partition coefficient (Wildman–Crippen LogP) is 2.14. The molecular weight excluding hydrogens is 236 g/mol. The third-order valence-corrected chi connectivity index (χ3v) is 3.93. The Kier molecular flexibility index (Phi) is 3.25. The lowest BCUT2D eigenvalue weighted by Gasteiger charge is -2.24. The van der Waals surface area contributed by atoms with Gasteiger partial charge in [-0.15, -0.1) is 0 Å². The molecule has 0 amide bonds. The fraction of sp³-hybridized carbons (Fsp3) is 0.400. The zero-order valence-corrected chi connectivity index (χ0v) is 11.3. The van der Waals surface area contributed by atoms with E-state index < -0.39 is 0 Å². The number of benzene rings is 1. The Morgan fingerprint density at radius 1 is 1.26 bits per heavy atom. The lowest BCUT2D eigenvalue weighted by atomic mass is 9.86. The second-order valence-electron chi connectivity index (χ2n) is 5.19. The first-order chi connectivity index (χ1) is 9.25. The lowest BCUT2D eigenvalue weighted by Crippen LogP contribution is -2.26. The van der Waals surface area contributed by atoms with Crippen LogP contribution in [0.1, 0.15) is 24.3 Å². The van der Waals surface area contributed by atoms with E-state index in [2.05, 4.69) is 34.7 Å². The Morgan fingerprint density at radius 2 is 2.00 bits per heavy atom. The van der Waals surface area contributed by atoms with Crippen molar-refractivity contribution in [3.63, 3.8) is 0 Å². The first-order valence-electron chi connectivity index (χ1n) is 6.85. The van der Waals surface area contributed by atoms with Crippen LogP contribution in [-0.4, -0.2) is 22.9 Å². The van der Waals surface area contributed by atoms with Gasteiger partial charge in [-0.3, -0.25) is 4.68 Å². The van der Waals surface area contributed by atoms with Gasteiger partial charge in [0.1, 0.15) is 5.82 Å². The number of rotatable bonds is 2. The summed E-state index contributed by atoms with van der Waals surface area (Å²) in [6.07, 6.45) is 2.39. The third kappa shape index (κ3) is 2.36. The van der Waals surface area contributed by atoms with Gasteiger partial charge in [-0.2, -0.15) is 5.10 Å². The summed E-state index contributed by atoms with van der Waals surface area (Å²) in [6.45, 7) is 2.20. The number of nitrogen functional groups attached to an aromatic ring is 1. The zero-order chi connectivity index (χ0) is 13.2. The smallest absolute Gasteiger partial charge is 0.121 e. The number of anilines is 1. The number of nitrogens with two attached hydrogens (primary N) is 1. The Labute approximate surface area is 113 Å². The molecule has 1 aromatic carbocycles. The highest BCUT2D eigenvalue weighted by Crippen LogP contribution is 2.33. The van der Waals surface area contributed by atoms with Crippen LogP contribution in [0.4, 0.5) is 5.82 Å². The molecule has 1 aliphatic rings. The lowest BCUT2D eigenvalue weighted by molar-refractivity contribution is 0.461. The van der Waals surface area contributed by atoms with Crippen LogP contribution in [0, 0.1) is 0 Å². The molecule has 0 spiro atoms. The SMILES string of the molecule is Cn1nc(-c2ccccc2C2CCNCC2)cc1N. The summed E-state index contributed by atoms with van der Waals surface area (Å²) in [6, 6.07) is 10.5. The Bertz CT molecular complexity index is 548. The molecule has 0 atom stereocenters. The second kappa shape index (κ2) is 5.05. The monoisotopic (exact) mass is 256 g/mol. The number of hydrogen-bond donors (Lipinski definition) is 2. The fourth-order valence-corrected chi connectivity index (χ4v) is 2.83. The quantitative estimate of drug-likeness (QED) is 0.865. The molecule has 2 heterocycles. The van der Waals surface area contributed by atoms with Crippen molar-refractivity contribution >= 4 is 5.82 Å². The van der Waals surface area contributed by atoms with Crippen molar-refractivity contribution in [3.8, 4) is 11.3 Å². The Hall–Kier alpha value is -1.81. The number of nitrogens with zero attached hydrogens (tertiary/aromatic N) is 2. The number of nitrogens with one attached hydrogen (secondary N) is 1. The van der Waals surface area contributed by atoms with E-state index in [0.717, 1.165) is 18.8 Å². The van der Waals surface area contributed by atoms with Crippen LogP contribution in [0.2, 0.25) is 0 Å². The van der Waals surface area contributed by atoms with E-state index >= 15 is 0 Å². The molecule has 3 N–H and O–H groups in total. The van der Waals surface area contributed by atoms with Crippen LogP contribution in [0.5, 0.6) is 0 Å². The van der Waals surface area contributed by atoms with Gasteiger partial charge in [0.05, 0.1) is 5.69 Å². The molecule has 1 saturated heterocycles. The van der Waals surface area contributed by atoms with Gasteiger partial charge in [-0.25, -0.2) is 0 Å². The van der Waals surface area contributed by atoms with Crippen LogP contribution in [0.25, 0.3) is 11.3 Å². The molecule has 1 aliphatic heterocycles. The van der Waals surface area contributed by atoms with E-state index in [-0.39, 0.29) is 0 Å². The number of aryl methyl sites for hydroxylation is 1. The maximum Gasteiger partial charge on any atom is 0.121 e. The number of hydrogen-bond acceptors (Lipinski definition) is 3. The van der Waals surface area contributed by atoms with Crippen LogP contribution < -0.4 is 11.1 Å². The summed E-state index contributed by atoms with van der Waals surface area (Å²) in [5.41, 5.74) is 9.51. The highest BCUT2D eigenvalue weighted by Gasteiger charge is 2.19. The molecule has 0 bridgehead atoms. The molecule has 4 nitrogen and oxygen atoms in total. The van der Waals surface area contributed by atoms with Gasteiger partial charge in [0.15, 0.2) is 0 Å². The normalized spacial score (nSPS) is 16.7. The highest BCUT2D eigenvalue weighted by molar-refractivity contribution is 5.67. The van der Waals surface area contributed by atoms with E-state index in [1.54, 1.807) is 4.68 Å². The third-order valence-electron chi connectivity index (χ3n) is 3.93. The summed E-state index contributed by atoms with van der Waals surface area (Å²) >= 11 is 0. The maximum absolute atomic E-state index is 5.90. The van der Waals surface area contributed by atoms with Crippen molar-refractivity contribution < 1.29 is 0 Å². The van der Waals surface area contributed by atoms with E-state index in [1.807, 2.05) is 13.1 Å². The van der Waals surface area contributed by atoms with Crippen LogP contribution in [0.3, 0.4) is 0 Å². The molecule has 3 rings (SSSR count). The summed E-state index contributed by atoms with van der Waals surface area (Å²) in [7, 11) is 1.88. The van der Waals surface area contributed by atoms with Crippen molar-refractivity contribution in [2.24, 2.45) is 7.05 Å². The average Bonchev–Trinajstić information content (AvgIpc) is 2.80. The predicted molar refractivity (Wildman–Crippen MR) is 77.9 cm³/mol. The van der Waals surface area contributed by atoms with Crippen molar-refractivity contribution in [1.29, 1.82) is 0 Å². The molecule has 0 unspecified atom stereocenters. The molecule has 4 heteroatoms. The zero-order valence-electron chi connectivity index (χ0n) is 11.3. The summed E-state index contributed by atoms with van der Waals surface area (Å²) in [5, 5.41) is 7.93. The second-order valence-corrected chi connectivity index (χ2v) is 5.19. The van der Waals surface area contributed by atoms with Crippen molar-refractivity contribution in [1.82, 2.24) is 15.1 Å². The van der Waals surface area contributed by atoms with Crippen molar-refractivity contribution in [2.45, 2.75) is 18.8 Å². The first-order valence-corrected chi connectivity index (χ1v) is 6.85. The maximum atomic E-state index is 5.90. The standard InChI is InChI=1S/C15H20N4/c1-19-15(16)10-14(18-19)13-5-3-2-4-12(13)11-6-8-17-9-7-11/h2-5,10-11,17H,6-9,16H2,1H3. The number of piperidine rings is 1. The average molecular weight is 256 g/mol. The molecule has 0 radical (unpaired) electrons. The fourth-order valence-electron chi connectivity index (χ4n) is 2.83. The summed E-state index contributed by atoms with van der Waals surface area (Å²) < 4.78 is 1.73. The van der Waals surface area contributed by atoms with Gasteiger partial charge in [-0.1, -0.05) is 24.3 Å². The Balaban J connectivity index is 2.01. The summed E-state index contributed by atoms with van der Waals surface area (Å²) in [4.78, 5) is 0. The van der Waals surface area contributed by atoms with Gasteiger partial charge in [0, 0.05) is 18.7 Å². The Morgan fingerprint density at radius 3 is 2.68 bits per heavy atom. The molecule has 100 valence electrons. The highest BCUT2D eigenvalue weighted by atomic mass is 15.3. The van der Waals surface area contributed by atoms with E-state index in [1.165, 1.54) is 24.0 Å². The molecule has 0 saturated carbocycles. The van der Waals surface area contributed by atoms with E-state index in [9.17, 15) is 0 Å². The van der Waals surface area contributed by atoms with Crippen molar-refractivity contribution in [3.05, 3.63) is 35.9 Å². The minimum absolute atomic E-state index is 0.626. The van der Waals surface area contributed by atoms with Gasteiger partial charge in [0.25, 0.3) is 0 Å². The molecular formula is C15H20N4. The van der Waals surface area contributed by atoms with Gasteiger partial charge >= 0.3 is 0 Å². The van der Waals surface area contributed by atoms with Gasteiger partial charge in [0.2, 0.25) is 0 Å². The molecule has 1 fully saturated rings. The first kappa shape index (κ1) is 12.2. The minimum Gasteiger partial charge on any atom is -0.384 e. The number of aromatic nitrogens is 2. The van der Waals surface area contributed by atoms with Gasteiger partial charge < -0.3 is 11.1 Å². The van der Waals surface area contributed by atoms with E-state index in [0.29, 0.717) is 11.7 Å². The van der Waals surface area contributed by atoms with Crippen LogP contribution >= 0.6 is 0 Å². The molecule has 0 aliphatic carbocycles. The van der Waals surface area contributed by atoms with Crippen LogP contribution in [0.15, 0.2) is 30.3 Å². The minimum atomic E-state index is 0.626. The summed E-state index contributed by atoms with van der Waals surface area (Å²) in [5.74, 6) is 1.33. The molecule has 19 heavy (non-hydrogen) atoms. The molecule has 1 aromatic heterocycles. The van der Waals surface area contributed by atoms with Gasteiger partial charge in [-0.05, 0) is 37.4 Å². The molecule has 2 aromatic rings. The van der Waals surface area contributed by atoms with Crippen LogP contribution in [-0.2, 0) is 7.05 Å².